The molecule has 2 heterocycles. The van der Waals surface area contributed by atoms with Crippen LogP contribution in [0.4, 0.5) is 5.82 Å². The van der Waals surface area contributed by atoms with E-state index < -0.39 is 48.4 Å². The molecule has 0 amide bonds. The van der Waals surface area contributed by atoms with Crippen LogP contribution in [-0.2, 0) is 17.7 Å². The van der Waals surface area contributed by atoms with Gasteiger partial charge in [-0.15, -0.1) is 0 Å². The molecular formula is C31H35N3O10. The zero-order chi connectivity index (χ0) is 31.9. The average molecular weight is 610 g/mol. The van der Waals surface area contributed by atoms with Crippen molar-refractivity contribution < 1.29 is 49.3 Å². The lowest BCUT2D eigenvalue weighted by atomic mass is 9.79. The van der Waals surface area contributed by atoms with Crippen LogP contribution < -0.4 is 20.5 Å². The van der Waals surface area contributed by atoms with Gasteiger partial charge in [0, 0.05) is 35.5 Å². The predicted molar refractivity (Wildman–Crippen MR) is 156 cm³/mol. The van der Waals surface area contributed by atoms with Crippen molar-refractivity contribution in [3.63, 3.8) is 0 Å². The summed E-state index contributed by atoms with van der Waals surface area (Å²) >= 11 is 0. The quantitative estimate of drug-likeness (QED) is 0.137. The molecule has 0 bridgehead atoms. The minimum atomic E-state index is -2.10. The molecular weight excluding hydrogens is 574 g/mol. The summed E-state index contributed by atoms with van der Waals surface area (Å²) in [7, 11) is 3.03. The van der Waals surface area contributed by atoms with E-state index in [9.17, 15) is 35.1 Å². The van der Waals surface area contributed by atoms with Gasteiger partial charge in [0.05, 0.1) is 24.8 Å². The summed E-state index contributed by atoms with van der Waals surface area (Å²) in [4.78, 5) is 31.5. The van der Waals surface area contributed by atoms with E-state index in [1.807, 2.05) is 0 Å². The first-order valence-corrected chi connectivity index (χ1v) is 14.0. The van der Waals surface area contributed by atoms with Crippen molar-refractivity contribution in [2.75, 3.05) is 26.5 Å². The summed E-state index contributed by atoms with van der Waals surface area (Å²) in [6, 6.07) is 7.49. The molecule has 44 heavy (non-hydrogen) atoms. The van der Waals surface area contributed by atoms with Crippen molar-refractivity contribution in [1.29, 1.82) is 0 Å². The fraction of sp³-hybridized carbons (Fsp3) is 0.387. The number of nitrogen functional groups attached to an aromatic ring is 1. The molecule has 2 aromatic carbocycles. The lowest BCUT2D eigenvalue weighted by Gasteiger charge is -2.47. The zero-order valence-electron chi connectivity index (χ0n) is 24.4. The number of nitrogens with one attached hydrogen (secondary N) is 1. The molecule has 0 saturated carbocycles. The van der Waals surface area contributed by atoms with Crippen LogP contribution in [0.3, 0.4) is 0 Å². The molecule has 5 atom stereocenters. The van der Waals surface area contributed by atoms with Crippen LogP contribution in [0.15, 0.2) is 36.5 Å². The monoisotopic (exact) mass is 609 g/mol. The number of hydrogen-bond acceptors (Lipinski definition) is 13. The van der Waals surface area contributed by atoms with E-state index in [0.29, 0.717) is 16.7 Å². The number of fused-ring (bicyclic) bond motifs is 2. The Balaban J connectivity index is 1.49. The van der Waals surface area contributed by atoms with Crippen LogP contribution in [0, 0.1) is 6.92 Å². The molecule has 1 aliphatic heterocycles. The normalized spacial score (nSPS) is 24.5. The number of ketones is 2. The van der Waals surface area contributed by atoms with Gasteiger partial charge in [0.25, 0.3) is 0 Å². The lowest BCUT2D eigenvalue weighted by Crippen LogP contribution is -2.68. The van der Waals surface area contributed by atoms with Crippen LogP contribution >= 0.6 is 0 Å². The van der Waals surface area contributed by atoms with E-state index in [1.54, 1.807) is 32.2 Å². The fourth-order valence-electron chi connectivity index (χ4n) is 5.86. The molecule has 13 nitrogen and oxygen atoms in total. The maximum Gasteiger partial charge on any atom is 0.229 e. The second-order valence-electron chi connectivity index (χ2n) is 11.0. The highest BCUT2D eigenvalue weighted by Gasteiger charge is 2.55. The number of anilines is 1. The first-order chi connectivity index (χ1) is 20.9. The first-order valence-electron chi connectivity index (χ1n) is 14.0. The second kappa shape index (κ2) is 12.1. The fourth-order valence-corrected chi connectivity index (χ4v) is 5.86. The number of aliphatic hydroxyl groups excluding tert-OH is 3. The number of aryl methyl sites for hydroxylation is 2. The largest absolute Gasteiger partial charge is 0.507 e. The zero-order valence-corrected chi connectivity index (χ0v) is 24.4. The molecule has 3 aromatic rings. The summed E-state index contributed by atoms with van der Waals surface area (Å²) in [5.74, 6) is -1.43. The summed E-state index contributed by atoms with van der Waals surface area (Å²) in [5.41, 5.74) is 4.94. The smallest absolute Gasteiger partial charge is 0.229 e. The molecule has 1 saturated heterocycles. The van der Waals surface area contributed by atoms with Crippen molar-refractivity contribution in [3.8, 4) is 17.2 Å². The van der Waals surface area contributed by atoms with Gasteiger partial charge < -0.3 is 50.8 Å². The third-order valence-electron chi connectivity index (χ3n) is 8.28. The minimum Gasteiger partial charge on any atom is -0.507 e. The van der Waals surface area contributed by atoms with E-state index in [0.717, 1.165) is 0 Å². The molecule has 234 valence electrons. The second-order valence-corrected chi connectivity index (χ2v) is 11.0. The number of rotatable bonds is 9. The van der Waals surface area contributed by atoms with Gasteiger partial charge in [-0.2, -0.15) is 0 Å². The topological polar surface area (TPSA) is 214 Å². The molecule has 0 unspecified atom stereocenters. The Morgan fingerprint density at radius 3 is 2.50 bits per heavy atom. The highest BCUT2D eigenvalue weighted by atomic mass is 16.7. The number of hydrogen-bond donors (Lipinski definition) is 7. The Morgan fingerprint density at radius 2 is 1.84 bits per heavy atom. The number of ether oxygens (including phenoxy) is 3. The van der Waals surface area contributed by atoms with E-state index in [-0.39, 0.29) is 64.7 Å². The van der Waals surface area contributed by atoms with Crippen molar-refractivity contribution in [2.24, 2.45) is 0 Å². The summed E-state index contributed by atoms with van der Waals surface area (Å²) in [5, 5.41) is 57.7. The maximum absolute atomic E-state index is 13.9. The third-order valence-corrected chi connectivity index (χ3v) is 8.28. The van der Waals surface area contributed by atoms with Crippen molar-refractivity contribution in [2.45, 2.75) is 56.5 Å². The van der Waals surface area contributed by atoms with Crippen LogP contribution in [0.1, 0.15) is 55.0 Å². The molecule has 1 fully saturated rings. The van der Waals surface area contributed by atoms with Gasteiger partial charge in [0.15, 0.2) is 5.78 Å². The Hall–Kier alpha value is -4.11. The number of aliphatic hydroxyl groups is 4. The van der Waals surface area contributed by atoms with Gasteiger partial charge in [0.2, 0.25) is 12.1 Å². The Bertz CT molecular complexity index is 1610. The number of pyridine rings is 1. The van der Waals surface area contributed by atoms with E-state index in [1.165, 1.54) is 25.4 Å². The van der Waals surface area contributed by atoms with E-state index in [4.69, 9.17) is 19.9 Å². The molecule has 2 aliphatic rings. The SMILES string of the molecule is CNCc1c(C)cc2c(c1O)C(=O)c1c(O[C@@H]3O[C@H](CO)[C@](O)(CCc4ccnc(N)c4)[C@H](O)[C@H]3O)cc(OC)cc1C2=O. The first kappa shape index (κ1) is 31.3. The summed E-state index contributed by atoms with van der Waals surface area (Å²) < 4.78 is 17.0. The number of carbonyl (C=O) groups is 2. The molecule has 1 aromatic heterocycles. The number of aromatic nitrogens is 1. The van der Waals surface area contributed by atoms with Crippen LogP contribution in [0.5, 0.6) is 17.2 Å². The van der Waals surface area contributed by atoms with Crippen LogP contribution in [-0.4, -0.2) is 93.1 Å². The Kier molecular flexibility index (Phi) is 8.62. The standard InChI is InChI=1S/C31H35N3O10/c1-14-8-17-24(26(37)19(14)12-33-2)27(38)23-18(25(17)36)10-16(42-3)11-20(23)43-30-28(39)29(40)31(41,21(13-35)44-30)6-4-15-5-7-34-22(32)9-15/h5,7-11,21,28-30,33,35,37,39-41H,4,6,12-13H2,1-3H3,(H2,32,34)/t21-,28-,29-,30-,31-/m1/s1. The van der Waals surface area contributed by atoms with Gasteiger partial charge >= 0.3 is 0 Å². The van der Waals surface area contributed by atoms with Gasteiger partial charge in [-0.3, -0.25) is 9.59 Å². The molecule has 5 rings (SSSR count). The molecule has 0 radical (unpaired) electrons. The predicted octanol–water partition coefficient (Wildman–Crippen LogP) is 0.363. The van der Waals surface area contributed by atoms with Crippen LogP contribution in [0.25, 0.3) is 0 Å². The number of phenolic OH excluding ortho intramolecular Hbond substituents is 1. The number of nitrogens with zero attached hydrogens (tertiary/aromatic N) is 1. The maximum atomic E-state index is 13.9. The number of benzene rings is 2. The number of phenols is 1. The van der Waals surface area contributed by atoms with Crippen molar-refractivity contribution in [1.82, 2.24) is 10.3 Å². The van der Waals surface area contributed by atoms with Gasteiger partial charge in [0.1, 0.15) is 47.0 Å². The van der Waals surface area contributed by atoms with Crippen molar-refractivity contribution in [3.05, 3.63) is 75.5 Å². The number of aromatic hydroxyl groups is 1. The molecule has 1 aliphatic carbocycles. The highest BCUT2D eigenvalue weighted by molar-refractivity contribution is 6.30. The Labute approximate surface area is 252 Å². The van der Waals surface area contributed by atoms with Gasteiger partial charge in [-0.1, -0.05) is 0 Å². The molecule has 13 heteroatoms. The molecule has 0 spiro atoms. The summed E-state index contributed by atoms with van der Waals surface area (Å²) in [6.07, 6.45) is -5.24. The summed E-state index contributed by atoms with van der Waals surface area (Å²) in [6.45, 7) is 1.21. The minimum absolute atomic E-state index is 0.0160. The Morgan fingerprint density at radius 1 is 1.11 bits per heavy atom. The molecule has 8 N–H and O–H groups in total. The van der Waals surface area contributed by atoms with Crippen molar-refractivity contribution >= 4 is 17.4 Å². The van der Waals surface area contributed by atoms with E-state index in [2.05, 4.69) is 10.3 Å². The highest BCUT2D eigenvalue weighted by Crippen LogP contribution is 2.43. The number of nitrogens with two attached hydrogens (primary N) is 1. The number of methoxy groups -OCH3 is 1. The van der Waals surface area contributed by atoms with Crippen LogP contribution in [0.2, 0.25) is 0 Å². The van der Waals surface area contributed by atoms with Gasteiger partial charge in [-0.05, 0) is 62.2 Å². The van der Waals surface area contributed by atoms with E-state index >= 15 is 0 Å². The number of carbonyl (C=O) groups excluding carboxylic acids is 2. The third kappa shape index (κ3) is 5.27. The average Bonchev–Trinajstić information content (AvgIpc) is 3.00. The van der Waals surface area contributed by atoms with Gasteiger partial charge in [-0.25, -0.2) is 4.98 Å². The lowest BCUT2D eigenvalue weighted by molar-refractivity contribution is -0.314.